The molecule has 0 N–H and O–H groups in total. The second kappa shape index (κ2) is 9.48. The van der Waals surface area contributed by atoms with Crippen molar-refractivity contribution in [1.82, 2.24) is 0 Å². The lowest BCUT2D eigenvalue weighted by molar-refractivity contribution is -0.128. The van der Waals surface area contributed by atoms with Gasteiger partial charge < -0.3 is 0 Å². The molecule has 142 valence electrons. The molecule has 2 aliphatic carbocycles. The maximum Gasteiger partial charge on any atom is 0.139 e. The Hall–Kier alpha value is -1.44. The number of hydrogen-bond acceptors (Lipinski definition) is 2. The minimum atomic E-state index is -0.00787. The molecule has 0 aromatic heterocycles. The van der Waals surface area contributed by atoms with Crippen LogP contribution in [0.4, 0.5) is 0 Å². The van der Waals surface area contributed by atoms with Gasteiger partial charge in [0, 0.05) is 24.7 Å². The van der Waals surface area contributed by atoms with Crippen molar-refractivity contribution >= 4 is 11.6 Å². The number of rotatable bonds is 6. The third kappa shape index (κ3) is 5.53. The number of benzene rings is 1. The normalized spacial score (nSPS) is 25.0. The van der Waals surface area contributed by atoms with E-state index < -0.39 is 0 Å². The van der Waals surface area contributed by atoms with Crippen molar-refractivity contribution in [3.8, 4) is 0 Å². The standard InChI is InChI=1S/C24H34O2/c1-18-9-11-20(12-10-18)15-21-13-14-22(24(21)26)17-23(25)16-19-7-5-3-2-4-6-8-19/h9-12,19,21-22H,2-8,13-17H2,1H3. The molecule has 2 atom stereocenters. The fourth-order valence-electron chi connectivity index (χ4n) is 4.86. The fourth-order valence-corrected chi connectivity index (χ4v) is 4.86. The highest BCUT2D eigenvalue weighted by atomic mass is 16.1. The summed E-state index contributed by atoms with van der Waals surface area (Å²) in [6, 6.07) is 8.50. The second-order valence-electron chi connectivity index (χ2n) is 8.72. The molecule has 2 fully saturated rings. The van der Waals surface area contributed by atoms with Gasteiger partial charge in [0.1, 0.15) is 11.6 Å². The fraction of sp³-hybridized carbons (Fsp3) is 0.667. The molecule has 2 heteroatoms. The van der Waals surface area contributed by atoms with Gasteiger partial charge in [-0.05, 0) is 37.7 Å². The van der Waals surface area contributed by atoms with Gasteiger partial charge in [-0.3, -0.25) is 9.59 Å². The quantitative estimate of drug-likeness (QED) is 0.643. The summed E-state index contributed by atoms with van der Waals surface area (Å²) in [6.07, 6.45) is 12.9. The predicted octanol–water partition coefficient (Wildman–Crippen LogP) is 5.84. The first kappa shape index (κ1) is 19.3. The van der Waals surface area contributed by atoms with Gasteiger partial charge in [-0.2, -0.15) is 0 Å². The first-order valence-electron chi connectivity index (χ1n) is 10.7. The average molecular weight is 355 g/mol. The smallest absolute Gasteiger partial charge is 0.139 e. The molecule has 0 spiro atoms. The molecule has 0 amide bonds. The molecule has 0 aliphatic heterocycles. The Morgan fingerprint density at radius 3 is 2.15 bits per heavy atom. The van der Waals surface area contributed by atoms with Crippen molar-refractivity contribution in [1.29, 1.82) is 0 Å². The van der Waals surface area contributed by atoms with Crippen LogP contribution in [0.2, 0.25) is 0 Å². The summed E-state index contributed by atoms with van der Waals surface area (Å²) in [4.78, 5) is 25.3. The highest BCUT2D eigenvalue weighted by Gasteiger charge is 2.35. The first-order valence-corrected chi connectivity index (χ1v) is 10.7. The summed E-state index contributed by atoms with van der Waals surface area (Å²) in [7, 11) is 0. The number of carbonyl (C=O) groups is 2. The monoisotopic (exact) mass is 354 g/mol. The van der Waals surface area contributed by atoms with Crippen LogP contribution in [-0.4, -0.2) is 11.6 Å². The zero-order chi connectivity index (χ0) is 18.4. The van der Waals surface area contributed by atoms with Crippen molar-refractivity contribution in [3.63, 3.8) is 0 Å². The van der Waals surface area contributed by atoms with Crippen molar-refractivity contribution in [2.45, 2.75) is 84.0 Å². The van der Waals surface area contributed by atoms with E-state index in [0.717, 1.165) is 19.3 Å². The van der Waals surface area contributed by atoms with Crippen molar-refractivity contribution in [3.05, 3.63) is 35.4 Å². The Labute approximate surface area is 158 Å². The number of aryl methyl sites for hydroxylation is 1. The number of carbonyl (C=O) groups excluding carboxylic acids is 2. The predicted molar refractivity (Wildman–Crippen MR) is 106 cm³/mol. The summed E-state index contributed by atoms with van der Waals surface area (Å²) in [5.41, 5.74) is 2.50. The Balaban J connectivity index is 1.46. The van der Waals surface area contributed by atoms with Crippen LogP contribution in [0.5, 0.6) is 0 Å². The van der Waals surface area contributed by atoms with Crippen LogP contribution in [-0.2, 0) is 16.0 Å². The van der Waals surface area contributed by atoms with Gasteiger partial charge in [0.2, 0.25) is 0 Å². The molecular formula is C24H34O2. The highest BCUT2D eigenvalue weighted by Crippen LogP contribution is 2.33. The topological polar surface area (TPSA) is 34.1 Å². The van der Waals surface area contributed by atoms with Gasteiger partial charge in [0.25, 0.3) is 0 Å². The molecule has 2 aliphatic rings. The van der Waals surface area contributed by atoms with Gasteiger partial charge in [0.05, 0.1) is 0 Å². The van der Waals surface area contributed by atoms with Gasteiger partial charge >= 0.3 is 0 Å². The molecule has 0 saturated heterocycles. The molecule has 0 heterocycles. The van der Waals surface area contributed by atoms with Crippen LogP contribution >= 0.6 is 0 Å². The van der Waals surface area contributed by atoms with E-state index in [1.165, 1.54) is 56.1 Å². The molecular weight excluding hydrogens is 320 g/mol. The molecule has 0 bridgehead atoms. The lowest BCUT2D eigenvalue weighted by atomic mass is 9.85. The van der Waals surface area contributed by atoms with Crippen LogP contribution < -0.4 is 0 Å². The summed E-state index contributed by atoms with van der Waals surface area (Å²) < 4.78 is 0. The largest absolute Gasteiger partial charge is 0.300 e. The SMILES string of the molecule is Cc1ccc(CC2CCC(CC(=O)CC3CCCCCCC3)C2=O)cc1. The van der Waals surface area contributed by atoms with E-state index in [1.807, 2.05) is 0 Å². The van der Waals surface area contributed by atoms with Crippen molar-refractivity contribution in [2.75, 3.05) is 0 Å². The number of hydrogen-bond donors (Lipinski definition) is 0. The maximum atomic E-state index is 12.8. The molecule has 2 unspecified atom stereocenters. The molecule has 1 aromatic carbocycles. The third-order valence-electron chi connectivity index (χ3n) is 6.49. The van der Waals surface area contributed by atoms with E-state index in [9.17, 15) is 9.59 Å². The van der Waals surface area contributed by atoms with Gasteiger partial charge in [-0.25, -0.2) is 0 Å². The van der Waals surface area contributed by atoms with Crippen molar-refractivity contribution < 1.29 is 9.59 Å². The maximum absolute atomic E-state index is 12.8. The van der Waals surface area contributed by atoms with E-state index >= 15 is 0 Å². The Bertz CT molecular complexity index is 593. The summed E-state index contributed by atoms with van der Waals surface area (Å²) in [5.74, 6) is 1.37. The third-order valence-corrected chi connectivity index (χ3v) is 6.49. The summed E-state index contributed by atoms with van der Waals surface area (Å²) in [5, 5.41) is 0. The van der Waals surface area contributed by atoms with Crippen molar-refractivity contribution in [2.24, 2.45) is 17.8 Å². The lowest BCUT2D eigenvalue weighted by Crippen LogP contribution is -2.20. The molecule has 2 nitrogen and oxygen atoms in total. The minimum Gasteiger partial charge on any atom is -0.300 e. The highest BCUT2D eigenvalue weighted by molar-refractivity contribution is 5.90. The number of ketones is 2. The van der Waals surface area contributed by atoms with Gasteiger partial charge in [0.15, 0.2) is 0 Å². The van der Waals surface area contributed by atoms with E-state index in [0.29, 0.717) is 30.3 Å². The number of Topliss-reactive ketones (excluding diaryl/α,β-unsaturated/α-hetero) is 2. The zero-order valence-corrected chi connectivity index (χ0v) is 16.3. The zero-order valence-electron chi connectivity index (χ0n) is 16.3. The Kier molecular flexibility index (Phi) is 7.05. The molecule has 26 heavy (non-hydrogen) atoms. The molecule has 0 radical (unpaired) electrons. The lowest BCUT2D eigenvalue weighted by Gasteiger charge is -2.19. The Morgan fingerprint density at radius 1 is 0.846 bits per heavy atom. The van der Waals surface area contributed by atoms with E-state index in [-0.39, 0.29) is 11.8 Å². The van der Waals surface area contributed by atoms with Crippen LogP contribution in [0.1, 0.15) is 81.8 Å². The second-order valence-corrected chi connectivity index (χ2v) is 8.72. The minimum absolute atomic E-state index is 0.00787. The molecule has 1 aromatic rings. The molecule has 2 saturated carbocycles. The summed E-state index contributed by atoms with van der Waals surface area (Å²) >= 11 is 0. The van der Waals surface area contributed by atoms with Gasteiger partial charge in [-0.1, -0.05) is 74.8 Å². The summed E-state index contributed by atoms with van der Waals surface area (Å²) in [6.45, 7) is 2.09. The van der Waals surface area contributed by atoms with Crippen LogP contribution in [0.25, 0.3) is 0 Å². The van der Waals surface area contributed by atoms with Crippen LogP contribution in [0.15, 0.2) is 24.3 Å². The van der Waals surface area contributed by atoms with E-state index in [2.05, 4.69) is 31.2 Å². The van der Waals surface area contributed by atoms with E-state index in [4.69, 9.17) is 0 Å². The Morgan fingerprint density at radius 2 is 1.46 bits per heavy atom. The van der Waals surface area contributed by atoms with Crippen LogP contribution in [0.3, 0.4) is 0 Å². The van der Waals surface area contributed by atoms with Gasteiger partial charge in [-0.15, -0.1) is 0 Å². The average Bonchev–Trinajstić information content (AvgIpc) is 2.92. The first-order chi connectivity index (χ1) is 12.6. The molecule has 3 rings (SSSR count). The van der Waals surface area contributed by atoms with E-state index in [1.54, 1.807) is 0 Å². The van der Waals surface area contributed by atoms with Crippen LogP contribution in [0, 0.1) is 24.7 Å².